The summed E-state index contributed by atoms with van der Waals surface area (Å²) in [4.78, 5) is 23.7. The minimum absolute atomic E-state index is 0.0290. The van der Waals surface area contributed by atoms with Gasteiger partial charge in [0, 0.05) is 40.5 Å². The molecule has 0 radical (unpaired) electrons. The third kappa shape index (κ3) is 4.68. The topological polar surface area (TPSA) is 83.6 Å². The Bertz CT molecular complexity index is 1390. The molecule has 0 unspecified atom stereocenters. The molecule has 1 aliphatic rings. The molecule has 0 N–H and O–H groups in total. The fraction of sp³-hybridized carbons (Fsp3) is 0.296. The van der Waals surface area contributed by atoms with Crippen molar-refractivity contribution in [2.45, 2.75) is 38.6 Å². The van der Waals surface area contributed by atoms with Crippen molar-refractivity contribution in [1.29, 1.82) is 0 Å². The van der Waals surface area contributed by atoms with Crippen molar-refractivity contribution in [2.24, 2.45) is 5.92 Å². The number of carbonyl (C=O) groups excluding carboxylic acids is 1. The third-order valence-corrected chi connectivity index (χ3v) is 6.84. The molecule has 0 bridgehead atoms. The maximum absolute atomic E-state index is 13.3. The highest BCUT2D eigenvalue weighted by Crippen LogP contribution is 2.37. The van der Waals surface area contributed by atoms with E-state index in [1.54, 1.807) is 6.07 Å². The molecule has 35 heavy (non-hydrogen) atoms. The fourth-order valence-electron chi connectivity index (χ4n) is 5.07. The van der Waals surface area contributed by atoms with Crippen LogP contribution in [-0.4, -0.2) is 21.5 Å². The Labute approximate surface area is 207 Å². The van der Waals surface area contributed by atoms with Crippen molar-refractivity contribution < 1.29 is 19.2 Å². The highest BCUT2D eigenvalue weighted by molar-refractivity contribution is 6.18. The average Bonchev–Trinajstić information content (AvgIpc) is 3.18. The number of hydrogen-bond acceptors (Lipinski definition) is 5. The highest BCUT2D eigenvalue weighted by Gasteiger charge is 2.22. The molecule has 7 nitrogen and oxygen atoms in total. The van der Waals surface area contributed by atoms with E-state index >= 15 is 0 Å². The number of rotatable bonds is 7. The standard InChI is InChI=1S/C27H25ClN2O5/c28-17-34-21-13-14-24-23(15-21)26-22(27(31)35-20-11-9-19(10-12-20)30(32)33)7-4-8-25(26)29(24)16-18-5-2-1-3-6-18/h4,7-15,18H,1-3,5-6,16-17H2. The van der Waals surface area contributed by atoms with E-state index in [1.165, 1.54) is 56.4 Å². The second-order valence-electron chi connectivity index (χ2n) is 8.89. The van der Waals surface area contributed by atoms with E-state index < -0.39 is 10.9 Å². The van der Waals surface area contributed by atoms with Gasteiger partial charge < -0.3 is 14.0 Å². The van der Waals surface area contributed by atoms with Crippen molar-refractivity contribution in [3.63, 3.8) is 0 Å². The summed E-state index contributed by atoms with van der Waals surface area (Å²) in [7, 11) is 0. The van der Waals surface area contributed by atoms with Gasteiger partial charge in [0.2, 0.25) is 0 Å². The van der Waals surface area contributed by atoms with Crippen LogP contribution in [0.4, 0.5) is 5.69 Å². The molecule has 1 fully saturated rings. The van der Waals surface area contributed by atoms with Gasteiger partial charge in [-0.2, -0.15) is 0 Å². The summed E-state index contributed by atoms with van der Waals surface area (Å²) in [6.45, 7) is 0.885. The number of aromatic nitrogens is 1. The molecule has 1 heterocycles. The predicted octanol–water partition coefficient (Wildman–Crippen LogP) is 7.08. The Morgan fingerprint density at radius 2 is 1.74 bits per heavy atom. The SMILES string of the molecule is O=C(Oc1ccc([N+](=O)[O-])cc1)c1cccc2c1c1cc(OCCl)ccc1n2CC1CCCCC1. The molecule has 0 saturated heterocycles. The maximum Gasteiger partial charge on any atom is 0.344 e. The van der Waals surface area contributed by atoms with E-state index in [9.17, 15) is 14.9 Å². The molecule has 0 spiro atoms. The van der Waals surface area contributed by atoms with E-state index in [0.717, 1.165) is 28.4 Å². The number of nitrogens with zero attached hydrogens (tertiary/aromatic N) is 2. The van der Waals surface area contributed by atoms with Gasteiger partial charge in [0.25, 0.3) is 5.69 Å². The number of nitro groups is 1. The number of halogens is 1. The van der Waals surface area contributed by atoms with E-state index in [2.05, 4.69) is 4.57 Å². The molecular weight excluding hydrogens is 468 g/mol. The van der Waals surface area contributed by atoms with Crippen LogP contribution < -0.4 is 9.47 Å². The van der Waals surface area contributed by atoms with Crippen LogP contribution in [0.5, 0.6) is 11.5 Å². The number of hydrogen-bond donors (Lipinski definition) is 0. The summed E-state index contributed by atoms with van der Waals surface area (Å²) in [5, 5.41) is 12.6. The molecule has 3 aromatic carbocycles. The molecular formula is C27H25ClN2O5. The van der Waals surface area contributed by atoms with Crippen molar-refractivity contribution in [1.82, 2.24) is 4.57 Å². The lowest BCUT2D eigenvalue weighted by atomic mass is 9.89. The van der Waals surface area contributed by atoms with Crippen LogP contribution in [0.2, 0.25) is 0 Å². The van der Waals surface area contributed by atoms with E-state index in [-0.39, 0.29) is 17.5 Å². The Kier molecular flexibility index (Phi) is 6.59. The van der Waals surface area contributed by atoms with Crippen LogP contribution in [0.15, 0.2) is 60.7 Å². The van der Waals surface area contributed by atoms with Crippen molar-refractivity contribution in [3.05, 3.63) is 76.3 Å². The number of nitro benzene ring substituents is 1. The average molecular weight is 493 g/mol. The fourth-order valence-corrected chi connectivity index (χ4v) is 5.20. The van der Waals surface area contributed by atoms with E-state index in [4.69, 9.17) is 21.1 Å². The molecule has 1 aliphatic carbocycles. The molecule has 0 aliphatic heterocycles. The number of non-ortho nitro benzene ring substituents is 1. The molecule has 0 amide bonds. The molecule has 1 saturated carbocycles. The van der Waals surface area contributed by atoms with Gasteiger partial charge in [0.1, 0.15) is 11.5 Å². The Balaban J connectivity index is 1.58. The first-order valence-electron chi connectivity index (χ1n) is 11.8. The van der Waals surface area contributed by atoms with Crippen molar-refractivity contribution in [3.8, 4) is 11.5 Å². The van der Waals surface area contributed by atoms with Gasteiger partial charge in [0.05, 0.1) is 10.5 Å². The van der Waals surface area contributed by atoms with Gasteiger partial charge in [0.15, 0.2) is 6.07 Å². The van der Waals surface area contributed by atoms with Crippen LogP contribution in [0.3, 0.4) is 0 Å². The summed E-state index contributed by atoms with van der Waals surface area (Å²) in [6.07, 6.45) is 6.21. The molecule has 4 aromatic rings. The zero-order valence-corrected chi connectivity index (χ0v) is 19.9. The first-order valence-corrected chi connectivity index (χ1v) is 12.3. The zero-order chi connectivity index (χ0) is 24.4. The number of esters is 1. The lowest BCUT2D eigenvalue weighted by Crippen LogP contribution is -2.14. The summed E-state index contributed by atoms with van der Waals surface area (Å²) >= 11 is 5.80. The van der Waals surface area contributed by atoms with Gasteiger partial charge in [-0.05, 0) is 61.2 Å². The predicted molar refractivity (Wildman–Crippen MR) is 135 cm³/mol. The molecule has 5 rings (SSSR count). The van der Waals surface area contributed by atoms with Crippen LogP contribution in [-0.2, 0) is 6.54 Å². The van der Waals surface area contributed by atoms with Gasteiger partial charge in [-0.25, -0.2) is 4.79 Å². The summed E-state index contributed by atoms with van der Waals surface area (Å²) in [5.41, 5.74) is 2.36. The summed E-state index contributed by atoms with van der Waals surface area (Å²) < 4.78 is 13.4. The number of ether oxygens (including phenoxy) is 2. The normalized spacial score (nSPS) is 14.3. The molecule has 8 heteroatoms. The van der Waals surface area contributed by atoms with Gasteiger partial charge in [-0.15, -0.1) is 0 Å². The van der Waals surface area contributed by atoms with Gasteiger partial charge in [-0.1, -0.05) is 36.9 Å². The number of alkyl halides is 1. The highest BCUT2D eigenvalue weighted by atomic mass is 35.5. The lowest BCUT2D eigenvalue weighted by Gasteiger charge is -2.23. The van der Waals surface area contributed by atoms with E-state index in [0.29, 0.717) is 17.2 Å². The quantitative estimate of drug-likeness (QED) is 0.0904. The van der Waals surface area contributed by atoms with Crippen LogP contribution in [0.25, 0.3) is 21.8 Å². The summed E-state index contributed by atoms with van der Waals surface area (Å²) in [6, 6.07) is 17.0. The second-order valence-corrected chi connectivity index (χ2v) is 9.11. The smallest absolute Gasteiger partial charge is 0.344 e. The van der Waals surface area contributed by atoms with Crippen molar-refractivity contribution in [2.75, 3.05) is 6.07 Å². The molecule has 180 valence electrons. The zero-order valence-electron chi connectivity index (χ0n) is 19.1. The van der Waals surface area contributed by atoms with Crippen molar-refractivity contribution >= 4 is 45.1 Å². The first-order chi connectivity index (χ1) is 17.0. The third-order valence-electron chi connectivity index (χ3n) is 6.73. The van der Waals surface area contributed by atoms with Crippen LogP contribution in [0.1, 0.15) is 42.5 Å². The minimum Gasteiger partial charge on any atom is -0.478 e. The first kappa shape index (κ1) is 23.2. The van der Waals surface area contributed by atoms with Gasteiger partial charge in [-0.3, -0.25) is 10.1 Å². The van der Waals surface area contributed by atoms with Gasteiger partial charge >= 0.3 is 5.97 Å². The Hall–Kier alpha value is -3.58. The molecule has 1 aromatic heterocycles. The second kappa shape index (κ2) is 9.96. The minimum atomic E-state index is -0.523. The monoisotopic (exact) mass is 492 g/mol. The lowest BCUT2D eigenvalue weighted by molar-refractivity contribution is -0.384. The largest absolute Gasteiger partial charge is 0.478 e. The number of benzene rings is 3. The molecule has 0 atom stereocenters. The summed E-state index contributed by atoms with van der Waals surface area (Å²) in [5.74, 6) is 0.944. The maximum atomic E-state index is 13.3. The van der Waals surface area contributed by atoms with Crippen LogP contribution in [0, 0.1) is 16.0 Å². The Morgan fingerprint density at radius 3 is 2.46 bits per heavy atom. The number of fused-ring (bicyclic) bond motifs is 3. The van der Waals surface area contributed by atoms with E-state index in [1.807, 2.05) is 30.3 Å². The Morgan fingerprint density at radius 1 is 1.00 bits per heavy atom. The number of carbonyl (C=O) groups is 1. The van der Waals surface area contributed by atoms with Crippen LogP contribution >= 0.6 is 11.6 Å².